The van der Waals surface area contributed by atoms with Gasteiger partial charge in [0.15, 0.2) is 0 Å². The zero-order chi connectivity index (χ0) is 15.2. The second-order valence-electron chi connectivity index (χ2n) is 4.93. The first-order valence-electron chi connectivity index (χ1n) is 6.58. The number of rotatable bonds is 2. The van der Waals surface area contributed by atoms with Crippen molar-refractivity contribution >= 4 is 17.7 Å². The highest BCUT2D eigenvalue weighted by atomic mass is 16.2. The van der Waals surface area contributed by atoms with Crippen LogP contribution in [0.4, 0.5) is 0 Å². The number of amides is 3. The van der Waals surface area contributed by atoms with E-state index < -0.39 is 0 Å². The lowest BCUT2D eigenvalue weighted by Gasteiger charge is -2.14. The summed E-state index contributed by atoms with van der Waals surface area (Å²) < 4.78 is 0. The molecule has 0 bridgehead atoms. The predicted molar refractivity (Wildman–Crippen MR) is 75.1 cm³/mol. The number of carbonyl (C=O) groups is 3. The molecule has 1 aromatic rings. The molecule has 1 N–H and O–H groups in total. The maximum absolute atomic E-state index is 12.4. The fourth-order valence-electron chi connectivity index (χ4n) is 2.81. The first-order chi connectivity index (χ1) is 9.36. The van der Waals surface area contributed by atoms with Crippen LogP contribution in [0.15, 0.2) is 0 Å². The van der Waals surface area contributed by atoms with E-state index in [-0.39, 0.29) is 17.7 Å². The van der Waals surface area contributed by atoms with E-state index in [9.17, 15) is 14.4 Å². The molecule has 0 aromatic heterocycles. The van der Waals surface area contributed by atoms with Gasteiger partial charge in [0.2, 0.25) is 0 Å². The molecule has 1 aromatic carbocycles. The third kappa shape index (κ3) is 1.66. The van der Waals surface area contributed by atoms with Crippen molar-refractivity contribution in [3.63, 3.8) is 0 Å². The highest BCUT2D eigenvalue weighted by molar-refractivity contribution is 6.23. The lowest BCUT2D eigenvalue weighted by Crippen LogP contribution is -2.29. The molecule has 20 heavy (non-hydrogen) atoms. The van der Waals surface area contributed by atoms with Gasteiger partial charge >= 0.3 is 0 Å². The zero-order valence-corrected chi connectivity index (χ0v) is 12.4. The first kappa shape index (κ1) is 14.2. The molecule has 0 radical (unpaired) electrons. The van der Waals surface area contributed by atoms with Crippen LogP contribution in [0.1, 0.15) is 54.7 Å². The molecule has 106 valence electrons. The number of nitrogens with zero attached hydrogens (tertiary/aromatic N) is 1. The van der Waals surface area contributed by atoms with Gasteiger partial charge < -0.3 is 5.32 Å². The second kappa shape index (κ2) is 4.74. The number of hydrogen-bond acceptors (Lipinski definition) is 3. The van der Waals surface area contributed by atoms with Crippen molar-refractivity contribution in [2.75, 3.05) is 13.6 Å². The fraction of sp³-hybridized carbons (Fsp3) is 0.400. The third-order valence-electron chi connectivity index (χ3n) is 4.00. The second-order valence-corrected chi connectivity index (χ2v) is 4.93. The molecule has 5 nitrogen and oxygen atoms in total. The highest BCUT2D eigenvalue weighted by Gasteiger charge is 2.39. The zero-order valence-electron chi connectivity index (χ0n) is 12.4. The van der Waals surface area contributed by atoms with Crippen LogP contribution in [0.3, 0.4) is 0 Å². The first-order valence-corrected chi connectivity index (χ1v) is 6.58. The van der Waals surface area contributed by atoms with Gasteiger partial charge in [-0.15, -0.1) is 0 Å². The molecular formula is C15H18N2O3. The lowest BCUT2D eigenvalue weighted by atomic mass is 9.89. The van der Waals surface area contributed by atoms with Crippen molar-refractivity contribution in [2.24, 2.45) is 0 Å². The maximum atomic E-state index is 12.4. The van der Waals surface area contributed by atoms with E-state index in [1.54, 1.807) is 34.7 Å². The largest absolute Gasteiger partial charge is 0.355 e. The van der Waals surface area contributed by atoms with Gasteiger partial charge in [0.1, 0.15) is 0 Å². The quantitative estimate of drug-likeness (QED) is 0.833. The van der Waals surface area contributed by atoms with Gasteiger partial charge in [-0.3, -0.25) is 19.3 Å². The molecule has 0 unspecified atom stereocenters. The van der Waals surface area contributed by atoms with Crippen LogP contribution >= 0.6 is 0 Å². The molecule has 2 rings (SSSR count). The third-order valence-corrected chi connectivity index (χ3v) is 4.00. The summed E-state index contributed by atoms with van der Waals surface area (Å²) in [6, 6.07) is 0. The van der Waals surface area contributed by atoms with Gasteiger partial charge in [0.25, 0.3) is 17.7 Å². The number of nitrogens with one attached hydrogen (secondary N) is 1. The Labute approximate surface area is 118 Å². The summed E-state index contributed by atoms with van der Waals surface area (Å²) in [4.78, 5) is 37.9. The van der Waals surface area contributed by atoms with Crippen LogP contribution in [0, 0.1) is 20.8 Å². The molecule has 5 heteroatoms. The van der Waals surface area contributed by atoms with E-state index in [1.165, 1.54) is 4.90 Å². The Kier molecular flexibility index (Phi) is 3.38. The van der Waals surface area contributed by atoms with E-state index in [4.69, 9.17) is 0 Å². The van der Waals surface area contributed by atoms with Crippen LogP contribution in [0.2, 0.25) is 0 Å². The molecule has 1 heterocycles. The molecule has 0 atom stereocenters. The molecule has 0 saturated heterocycles. The monoisotopic (exact) mass is 274 g/mol. The number of carbonyl (C=O) groups excluding carboxylic acids is 3. The molecule has 0 spiro atoms. The normalized spacial score (nSPS) is 13.8. The minimum atomic E-state index is -0.307. The van der Waals surface area contributed by atoms with Crippen molar-refractivity contribution in [3.8, 4) is 0 Å². The van der Waals surface area contributed by atoms with Gasteiger partial charge in [0.05, 0.1) is 11.1 Å². The highest BCUT2D eigenvalue weighted by Crippen LogP contribution is 2.33. The van der Waals surface area contributed by atoms with Crippen LogP contribution in [0.5, 0.6) is 0 Å². The number of imide groups is 1. The SMILES string of the molecule is CCN1C(=O)c2c(C)c(C)c(C(=O)NC)c(C)c2C1=O. The van der Waals surface area contributed by atoms with E-state index in [0.29, 0.717) is 34.4 Å². The van der Waals surface area contributed by atoms with E-state index in [0.717, 1.165) is 5.56 Å². The van der Waals surface area contributed by atoms with Gasteiger partial charge in [-0.25, -0.2) is 0 Å². The number of benzene rings is 1. The summed E-state index contributed by atoms with van der Waals surface area (Å²) in [5.41, 5.74) is 3.34. The van der Waals surface area contributed by atoms with Crippen LogP contribution in [0.25, 0.3) is 0 Å². The van der Waals surface area contributed by atoms with Gasteiger partial charge in [-0.05, 0) is 44.4 Å². The predicted octanol–water partition coefficient (Wildman–Crippen LogP) is 1.59. The Balaban J connectivity index is 2.84. The average Bonchev–Trinajstić information content (AvgIpc) is 2.67. The molecular weight excluding hydrogens is 256 g/mol. The van der Waals surface area contributed by atoms with Gasteiger partial charge in [-0.2, -0.15) is 0 Å². The van der Waals surface area contributed by atoms with Crippen molar-refractivity contribution < 1.29 is 14.4 Å². The van der Waals surface area contributed by atoms with E-state index in [2.05, 4.69) is 5.32 Å². The van der Waals surface area contributed by atoms with Gasteiger partial charge in [0, 0.05) is 19.2 Å². The smallest absolute Gasteiger partial charge is 0.261 e. The van der Waals surface area contributed by atoms with E-state index in [1.807, 2.05) is 0 Å². The van der Waals surface area contributed by atoms with Crippen LogP contribution in [-0.4, -0.2) is 36.2 Å². The Bertz CT molecular complexity index is 647. The summed E-state index contributed by atoms with van der Waals surface area (Å²) in [6.45, 7) is 7.41. The minimum Gasteiger partial charge on any atom is -0.355 e. The maximum Gasteiger partial charge on any atom is 0.261 e. The van der Waals surface area contributed by atoms with Crippen molar-refractivity contribution in [1.29, 1.82) is 0 Å². The van der Waals surface area contributed by atoms with Crippen LogP contribution < -0.4 is 5.32 Å². The summed E-state index contributed by atoms with van der Waals surface area (Å²) in [6.07, 6.45) is 0. The molecule has 3 amide bonds. The molecule has 0 saturated carbocycles. The van der Waals surface area contributed by atoms with Crippen molar-refractivity contribution in [3.05, 3.63) is 33.4 Å². The summed E-state index contributed by atoms with van der Waals surface area (Å²) in [5.74, 6) is -0.806. The Morgan fingerprint density at radius 1 is 1.00 bits per heavy atom. The Morgan fingerprint density at radius 3 is 1.95 bits per heavy atom. The van der Waals surface area contributed by atoms with Crippen molar-refractivity contribution in [1.82, 2.24) is 10.2 Å². The average molecular weight is 274 g/mol. The summed E-state index contributed by atoms with van der Waals surface area (Å²) in [5, 5.41) is 2.58. The lowest BCUT2D eigenvalue weighted by molar-refractivity contribution is 0.0662. The minimum absolute atomic E-state index is 0.235. The molecule has 1 aliphatic rings. The number of fused-ring (bicyclic) bond motifs is 1. The van der Waals surface area contributed by atoms with Gasteiger partial charge in [-0.1, -0.05) is 0 Å². The topological polar surface area (TPSA) is 66.5 Å². The van der Waals surface area contributed by atoms with E-state index >= 15 is 0 Å². The summed E-state index contributed by atoms with van der Waals surface area (Å²) >= 11 is 0. The Hall–Kier alpha value is -2.17. The van der Waals surface area contributed by atoms with Crippen molar-refractivity contribution in [2.45, 2.75) is 27.7 Å². The summed E-state index contributed by atoms with van der Waals surface area (Å²) in [7, 11) is 1.55. The molecule has 1 aliphatic heterocycles. The standard InChI is InChI=1S/C15H18N2O3/c1-6-17-14(19)11-8(3)7(2)10(13(18)16-5)9(4)12(11)15(17)20/h6H2,1-5H3,(H,16,18). The molecule has 0 fully saturated rings. The Morgan fingerprint density at radius 2 is 1.50 bits per heavy atom. The molecule has 0 aliphatic carbocycles. The fourth-order valence-corrected chi connectivity index (χ4v) is 2.81. The number of hydrogen-bond donors (Lipinski definition) is 1. The van der Waals surface area contributed by atoms with Crippen LogP contribution in [-0.2, 0) is 0 Å².